The summed E-state index contributed by atoms with van der Waals surface area (Å²) in [7, 11) is -4.25. The van der Waals surface area contributed by atoms with Crippen LogP contribution in [0.4, 0.5) is 0 Å². The Bertz CT molecular complexity index is 1170. The molecular weight excluding hydrogens is 612 g/mol. The van der Waals surface area contributed by atoms with Crippen molar-refractivity contribution in [3.63, 3.8) is 0 Å². The molecule has 0 unspecified atom stereocenters. The first-order valence-corrected chi connectivity index (χ1v) is 20.9. The van der Waals surface area contributed by atoms with E-state index in [-0.39, 0.29) is 27.6 Å². The van der Waals surface area contributed by atoms with Crippen molar-refractivity contribution in [1.29, 1.82) is 0 Å². The molecule has 1 aromatic heterocycles. The zero-order valence-electron chi connectivity index (χ0n) is 26.8. The summed E-state index contributed by atoms with van der Waals surface area (Å²) in [5.74, 6) is -0.502. The molecule has 230 valence electrons. The Morgan fingerprint density at radius 2 is 1.55 bits per heavy atom. The fourth-order valence-electron chi connectivity index (χ4n) is 3.64. The lowest BCUT2D eigenvalue weighted by Gasteiger charge is -2.40. The summed E-state index contributed by atoms with van der Waals surface area (Å²) in [4.78, 5) is 39.0. The Morgan fingerprint density at radius 1 is 1.00 bits per heavy atom. The van der Waals surface area contributed by atoms with E-state index in [1.807, 2.05) is 0 Å². The second-order valence-electron chi connectivity index (χ2n) is 14.9. The van der Waals surface area contributed by atoms with Gasteiger partial charge in [0.2, 0.25) is 0 Å². The van der Waals surface area contributed by atoms with E-state index in [9.17, 15) is 14.4 Å². The molecule has 1 saturated heterocycles. The predicted octanol–water partition coefficient (Wildman–Crippen LogP) is 6.15. The molecule has 1 aromatic rings. The summed E-state index contributed by atoms with van der Waals surface area (Å²) in [5.41, 5.74) is -1.52. The Balaban J connectivity index is 2.48. The Labute approximate surface area is 250 Å². The highest BCUT2D eigenvalue weighted by Crippen LogP contribution is 2.42. The van der Waals surface area contributed by atoms with Crippen LogP contribution >= 0.6 is 15.9 Å². The van der Waals surface area contributed by atoms with Gasteiger partial charge in [0.05, 0.1) is 18.1 Å². The largest absolute Gasteiger partial charge is 0.443 e. The van der Waals surface area contributed by atoms with Crippen LogP contribution < -0.4 is 11.2 Å². The maximum absolute atomic E-state index is 13.6. The van der Waals surface area contributed by atoms with Gasteiger partial charge in [-0.25, -0.2) is 9.36 Å². The molecule has 1 fully saturated rings. The summed E-state index contributed by atoms with van der Waals surface area (Å²) >= 11 is 3.36. The number of rotatable bonds is 9. The molecular formula is C28H51BrN2O7Si2. The number of esters is 1. The lowest BCUT2D eigenvalue weighted by Crippen LogP contribution is -2.48. The van der Waals surface area contributed by atoms with Crippen LogP contribution in [0.1, 0.15) is 80.5 Å². The maximum Gasteiger partial charge on any atom is 0.335 e. The molecule has 0 aromatic carbocycles. The van der Waals surface area contributed by atoms with Crippen molar-refractivity contribution in [3.05, 3.63) is 32.6 Å². The minimum Gasteiger partial charge on any atom is -0.443 e. The molecule has 1 aliphatic heterocycles. The number of ether oxygens (including phenoxy) is 2. The second-order valence-corrected chi connectivity index (χ2v) is 25.0. The zero-order valence-corrected chi connectivity index (χ0v) is 30.4. The van der Waals surface area contributed by atoms with Crippen molar-refractivity contribution in [2.75, 3.05) is 6.61 Å². The van der Waals surface area contributed by atoms with Gasteiger partial charge in [0, 0.05) is 23.5 Å². The summed E-state index contributed by atoms with van der Waals surface area (Å²) in [6, 6.07) is 0. The smallest absolute Gasteiger partial charge is 0.335 e. The van der Waals surface area contributed by atoms with Crippen molar-refractivity contribution in [2.45, 2.75) is 135 Å². The number of hydrogen-bond acceptors (Lipinski definition) is 7. The van der Waals surface area contributed by atoms with Gasteiger partial charge >= 0.3 is 11.7 Å². The Morgan fingerprint density at radius 3 is 2.02 bits per heavy atom. The van der Waals surface area contributed by atoms with Gasteiger partial charge < -0.3 is 18.3 Å². The molecule has 0 aliphatic carbocycles. The van der Waals surface area contributed by atoms with Gasteiger partial charge in [-0.05, 0) is 57.0 Å². The first kappa shape index (κ1) is 35.1. The summed E-state index contributed by atoms with van der Waals surface area (Å²) in [6.07, 6.45) is 0.630. The minimum absolute atomic E-state index is 0.0138. The van der Waals surface area contributed by atoms with E-state index in [4.69, 9.17) is 18.3 Å². The Hall–Kier alpha value is -1.06. The van der Waals surface area contributed by atoms with Gasteiger partial charge in [-0.1, -0.05) is 57.5 Å². The summed E-state index contributed by atoms with van der Waals surface area (Å²) in [6.45, 7) is 27.0. The number of aromatic nitrogens is 2. The van der Waals surface area contributed by atoms with Crippen molar-refractivity contribution in [2.24, 2.45) is 5.41 Å². The molecule has 2 heterocycles. The van der Waals surface area contributed by atoms with Crippen LogP contribution in [0.15, 0.2) is 15.8 Å². The molecule has 0 spiro atoms. The molecule has 0 amide bonds. The molecule has 0 saturated carbocycles. The molecule has 0 bridgehead atoms. The average molecular weight is 664 g/mol. The maximum atomic E-state index is 13.6. The van der Waals surface area contributed by atoms with Crippen molar-refractivity contribution in [3.8, 4) is 0 Å². The standard InChI is InChI=1S/C28H51BrN2O7Si2/c1-26(2,3)24(33)35-18-31-23(32)19(15-29)16-30(25(31)34)22-14-20(38-40(12,13)28(7,8)9)21(37-22)17-36-39(10,11)27(4,5)6/h16,20-22H,14-15,17-18H2,1-13H3/t20-,21+,22+/m0/s1. The molecule has 9 nitrogen and oxygen atoms in total. The topological polar surface area (TPSA) is 98.0 Å². The molecule has 3 atom stereocenters. The third kappa shape index (κ3) is 8.06. The summed E-state index contributed by atoms with van der Waals surface area (Å²) < 4.78 is 27.6. The molecule has 2 rings (SSSR count). The van der Waals surface area contributed by atoms with Crippen molar-refractivity contribution < 1.29 is 23.1 Å². The van der Waals surface area contributed by atoms with Gasteiger partial charge in [0.15, 0.2) is 23.4 Å². The fourth-order valence-corrected chi connectivity index (χ4v) is 6.39. The van der Waals surface area contributed by atoms with E-state index in [0.29, 0.717) is 18.6 Å². The van der Waals surface area contributed by atoms with E-state index < -0.39 is 52.2 Å². The van der Waals surface area contributed by atoms with Gasteiger partial charge in [-0.15, -0.1) is 0 Å². The highest BCUT2D eigenvalue weighted by molar-refractivity contribution is 9.08. The van der Waals surface area contributed by atoms with Gasteiger partial charge in [-0.3, -0.25) is 14.2 Å². The molecule has 0 radical (unpaired) electrons. The zero-order chi connectivity index (χ0) is 31.1. The molecule has 1 aliphatic rings. The van der Waals surface area contributed by atoms with Crippen LogP contribution in [-0.4, -0.2) is 50.6 Å². The van der Waals surface area contributed by atoms with Crippen LogP contribution in [0, 0.1) is 5.41 Å². The van der Waals surface area contributed by atoms with Crippen molar-refractivity contribution in [1.82, 2.24) is 9.13 Å². The normalized spacial score (nSPS) is 21.1. The van der Waals surface area contributed by atoms with E-state index in [0.717, 1.165) is 4.57 Å². The second kappa shape index (κ2) is 12.3. The SMILES string of the molecule is CC(C)(C)C(=O)OCn1c(=O)c(CBr)cn([C@H]2C[C@H](O[Si](C)(C)C(C)(C)C)[C@@H](CO[Si](C)(C)C(C)(C)C)O2)c1=O. The van der Waals surface area contributed by atoms with Crippen molar-refractivity contribution >= 4 is 38.5 Å². The van der Waals surface area contributed by atoms with Crippen LogP contribution in [0.3, 0.4) is 0 Å². The number of hydrogen-bond donors (Lipinski definition) is 0. The van der Waals surface area contributed by atoms with Crippen LogP contribution in [-0.2, 0) is 35.2 Å². The van der Waals surface area contributed by atoms with Crippen LogP contribution in [0.2, 0.25) is 36.3 Å². The monoisotopic (exact) mass is 662 g/mol. The quantitative estimate of drug-likeness (QED) is 0.178. The summed E-state index contributed by atoms with van der Waals surface area (Å²) in [5, 5.41) is 0.246. The highest BCUT2D eigenvalue weighted by atomic mass is 79.9. The van der Waals surface area contributed by atoms with E-state index in [2.05, 4.69) is 83.7 Å². The minimum atomic E-state index is -2.18. The highest BCUT2D eigenvalue weighted by Gasteiger charge is 2.47. The molecule has 40 heavy (non-hydrogen) atoms. The first-order chi connectivity index (χ1) is 17.9. The number of carbonyl (C=O) groups is 1. The predicted molar refractivity (Wildman–Crippen MR) is 167 cm³/mol. The molecule has 0 N–H and O–H groups in total. The van der Waals surface area contributed by atoms with Crippen LogP contribution in [0.25, 0.3) is 0 Å². The average Bonchev–Trinajstić information content (AvgIpc) is 3.17. The van der Waals surface area contributed by atoms with E-state index in [1.165, 1.54) is 10.8 Å². The number of nitrogens with zero attached hydrogens (tertiary/aromatic N) is 2. The van der Waals surface area contributed by atoms with Gasteiger partial charge in [0.1, 0.15) is 12.3 Å². The van der Waals surface area contributed by atoms with E-state index >= 15 is 0 Å². The fraction of sp³-hybridized carbons (Fsp3) is 0.821. The lowest BCUT2D eigenvalue weighted by molar-refractivity contribution is -0.157. The molecule has 12 heteroatoms. The van der Waals surface area contributed by atoms with Crippen LogP contribution in [0.5, 0.6) is 0 Å². The first-order valence-electron chi connectivity index (χ1n) is 14.0. The number of halogens is 1. The van der Waals surface area contributed by atoms with Gasteiger partial charge in [-0.2, -0.15) is 0 Å². The lowest BCUT2D eigenvalue weighted by atomic mass is 9.98. The Kier molecular flexibility index (Phi) is 10.8. The third-order valence-corrected chi connectivity index (χ3v) is 18.1. The van der Waals surface area contributed by atoms with Gasteiger partial charge in [0.25, 0.3) is 5.56 Å². The van der Waals surface area contributed by atoms with E-state index in [1.54, 1.807) is 20.8 Å². The number of carbonyl (C=O) groups excluding carboxylic acids is 1. The number of alkyl halides is 1. The third-order valence-electron chi connectivity index (χ3n) is 8.51.